The van der Waals surface area contributed by atoms with Crippen molar-refractivity contribution >= 4 is 33.3 Å². The second-order valence-electron chi connectivity index (χ2n) is 8.72. The van der Waals surface area contributed by atoms with E-state index in [0.29, 0.717) is 17.0 Å². The number of nitrogens with zero attached hydrogens (tertiary/aromatic N) is 4. The SMILES string of the molecule is COc1ccc(NS(=O)(=O)c2cc([N+](=O)[O-])ccc2N/N=C/c2cn(-c3ccccc3)nc2-c2ccccc2)cc1. The van der Waals surface area contributed by atoms with E-state index in [-0.39, 0.29) is 22.0 Å². The Morgan fingerprint density at radius 3 is 2.29 bits per heavy atom. The van der Waals surface area contributed by atoms with E-state index in [1.54, 1.807) is 16.8 Å². The summed E-state index contributed by atoms with van der Waals surface area (Å²) in [6.07, 6.45) is 3.32. The summed E-state index contributed by atoms with van der Waals surface area (Å²) in [5, 5.41) is 20.4. The highest BCUT2D eigenvalue weighted by molar-refractivity contribution is 7.92. The molecule has 1 aromatic heterocycles. The number of nitro benzene ring substituents is 1. The van der Waals surface area contributed by atoms with Gasteiger partial charge in [0.05, 0.1) is 29.6 Å². The number of nitro groups is 1. The molecule has 0 aliphatic rings. The number of aromatic nitrogens is 2. The van der Waals surface area contributed by atoms with Gasteiger partial charge in [-0.15, -0.1) is 0 Å². The molecule has 0 unspecified atom stereocenters. The first kappa shape index (κ1) is 27.1. The standard InChI is InChI=1S/C29H24N6O5S/c1-40-26-15-12-23(13-16-26)33-41(38,39)28-18-25(35(36)37)14-17-27(28)31-30-19-22-20-34(24-10-6-3-7-11-24)32-29(22)21-8-4-2-5-9-21/h2-20,31,33H,1H3/b30-19+. The van der Waals surface area contributed by atoms with Crippen LogP contribution in [0.3, 0.4) is 0 Å². The van der Waals surface area contributed by atoms with Gasteiger partial charge in [0, 0.05) is 35.1 Å². The second-order valence-corrected chi connectivity index (χ2v) is 10.4. The number of benzene rings is 4. The lowest BCUT2D eigenvalue weighted by molar-refractivity contribution is -0.385. The number of rotatable bonds is 10. The van der Waals surface area contributed by atoms with E-state index in [1.165, 1.54) is 37.6 Å². The Labute approximate surface area is 235 Å². The van der Waals surface area contributed by atoms with E-state index in [4.69, 9.17) is 9.84 Å². The van der Waals surface area contributed by atoms with Crippen molar-refractivity contribution in [3.63, 3.8) is 0 Å². The molecule has 5 aromatic rings. The molecule has 0 spiro atoms. The van der Waals surface area contributed by atoms with E-state index >= 15 is 0 Å². The van der Waals surface area contributed by atoms with Crippen LogP contribution in [0.5, 0.6) is 5.75 Å². The predicted molar refractivity (Wildman–Crippen MR) is 157 cm³/mol. The largest absolute Gasteiger partial charge is 0.497 e. The summed E-state index contributed by atoms with van der Waals surface area (Å²) in [6, 6.07) is 28.8. The zero-order valence-corrected chi connectivity index (χ0v) is 22.5. The molecular weight excluding hydrogens is 544 g/mol. The highest BCUT2D eigenvalue weighted by Gasteiger charge is 2.23. The summed E-state index contributed by atoms with van der Waals surface area (Å²) < 4.78 is 35.9. The van der Waals surface area contributed by atoms with Crippen molar-refractivity contribution in [1.29, 1.82) is 0 Å². The molecular formula is C29H24N6O5S. The van der Waals surface area contributed by atoms with E-state index in [2.05, 4.69) is 15.2 Å². The van der Waals surface area contributed by atoms with Gasteiger partial charge in [-0.1, -0.05) is 48.5 Å². The molecule has 5 rings (SSSR count). The average molecular weight is 569 g/mol. The fourth-order valence-electron chi connectivity index (χ4n) is 3.99. The molecule has 4 aromatic carbocycles. The minimum absolute atomic E-state index is 0.0459. The molecule has 0 amide bonds. The van der Waals surface area contributed by atoms with E-state index in [9.17, 15) is 18.5 Å². The van der Waals surface area contributed by atoms with Crippen LogP contribution in [0.2, 0.25) is 0 Å². The van der Waals surface area contributed by atoms with Crippen LogP contribution in [0.4, 0.5) is 17.1 Å². The molecule has 2 N–H and O–H groups in total. The third-order valence-corrected chi connectivity index (χ3v) is 7.43. The molecule has 206 valence electrons. The van der Waals surface area contributed by atoms with Crippen molar-refractivity contribution in [3.05, 3.63) is 125 Å². The van der Waals surface area contributed by atoms with Crippen molar-refractivity contribution in [1.82, 2.24) is 9.78 Å². The zero-order valence-electron chi connectivity index (χ0n) is 21.7. The van der Waals surface area contributed by atoms with Gasteiger partial charge in [-0.3, -0.25) is 20.3 Å². The number of hydrogen-bond acceptors (Lipinski definition) is 8. The highest BCUT2D eigenvalue weighted by Crippen LogP contribution is 2.29. The number of ether oxygens (including phenoxy) is 1. The first-order valence-corrected chi connectivity index (χ1v) is 13.8. The van der Waals surface area contributed by atoms with Gasteiger partial charge < -0.3 is 4.74 Å². The van der Waals surface area contributed by atoms with Crippen LogP contribution in [0.25, 0.3) is 16.9 Å². The maximum atomic E-state index is 13.3. The van der Waals surface area contributed by atoms with E-state index < -0.39 is 14.9 Å². The Morgan fingerprint density at radius 2 is 1.63 bits per heavy atom. The Morgan fingerprint density at radius 1 is 0.951 bits per heavy atom. The minimum atomic E-state index is -4.25. The maximum absolute atomic E-state index is 13.3. The summed E-state index contributed by atoms with van der Waals surface area (Å²) in [5.74, 6) is 0.547. The number of sulfonamides is 1. The monoisotopic (exact) mass is 568 g/mol. The first-order chi connectivity index (χ1) is 19.8. The molecule has 0 aliphatic carbocycles. The smallest absolute Gasteiger partial charge is 0.270 e. The number of hydrogen-bond donors (Lipinski definition) is 2. The van der Waals surface area contributed by atoms with Crippen LogP contribution in [-0.4, -0.2) is 36.4 Å². The zero-order chi connectivity index (χ0) is 28.8. The average Bonchev–Trinajstić information content (AvgIpc) is 3.42. The third kappa shape index (κ3) is 6.23. The number of non-ortho nitro benzene ring substituents is 1. The predicted octanol–water partition coefficient (Wildman–Crippen LogP) is 5.70. The molecule has 12 heteroatoms. The summed E-state index contributed by atoms with van der Waals surface area (Å²) in [5.41, 5.74) is 5.70. The number of nitrogens with one attached hydrogen (secondary N) is 2. The number of anilines is 2. The van der Waals surface area contributed by atoms with Crippen molar-refractivity contribution in [2.24, 2.45) is 5.10 Å². The third-order valence-electron chi connectivity index (χ3n) is 6.01. The quantitative estimate of drug-likeness (QED) is 0.125. The molecule has 1 heterocycles. The van der Waals surface area contributed by atoms with Gasteiger partial charge in [-0.2, -0.15) is 10.2 Å². The summed E-state index contributed by atoms with van der Waals surface area (Å²) in [7, 11) is -2.75. The first-order valence-electron chi connectivity index (χ1n) is 12.3. The van der Waals surface area contributed by atoms with Crippen LogP contribution in [0.15, 0.2) is 119 Å². The van der Waals surface area contributed by atoms with Crippen molar-refractivity contribution in [2.75, 3.05) is 17.3 Å². The summed E-state index contributed by atoms with van der Waals surface area (Å²) in [4.78, 5) is 10.4. The molecule has 0 saturated heterocycles. The van der Waals surface area contributed by atoms with Crippen LogP contribution >= 0.6 is 0 Å². The molecule has 0 radical (unpaired) electrons. The Kier molecular flexibility index (Phi) is 7.74. The Hall–Kier alpha value is -5.49. The van der Waals surface area contributed by atoms with Gasteiger partial charge >= 0.3 is 0 Å². The minimum Gasteiger partial charge on any atom is -0.497 e. The maximum Gasteiger partial charge on any atom is 0.270 e. The van der Waals surface area contributed by atoms with Gasteiger partial charge in [0.25, 0.3) is 15.7 Å². The van der Waals surface area contributed by atoms with Gasteiger partial charge in [0.2, 0.25) is 0 Å². The molecule has 0 aliphatic heterocycles. The molecule has 0 saturated carbocycles. The van der Waals surface area contributed by atoms with Crippen LogP contribution in [0, 0.1) is 10.1 Å². The van der Waals surface area contributed by atoms with E-state index in [0.717, 1.165) is 17.3 Å². The molecule has 0 atom stereocenters. The van der Waals surface area contributed by atoms with Crippen LogP contribution in [-0.2, 0) is 10.0 Å². The van der Waals surface area contributed by atoms with Gasteiger partial charge in [-0.25, -0.2) is 13.1 Å². The summed E-state index contributed by atoms with van der Waals surface area (Å²) in [6.45, 7) is 0. The molecule has 41 heavy (non-hydrogen) atoms. The topological polar surface area (TPSA) is 141 Å². The summed E-state index contributed by atoms with van der Waals surface area (Å²) >= 11 is 0. The van der Waals surface area contributed by atoms with Crippen molar-refractivity contribution < 1.29 is 18.1 Å². The molecule has 0 bridgehead atoms. The number of para-hydroxylation sites is 1. The van der Waals surface area contributed by atoms with Gasteiger partial charge in [0.15, 0.2) is 0 Å². The normalized spacial score (nSPS) is 11.3. The lowest BCUT2D eigenvalue weighted by Gasteiger charge is -2.12. The van der Waals surface area contributed by atoms with Crippen molar-refractivity contribution in [3.8, 4) is 22.7 Å². The second kappa shape index (κ2) is 11.7. The Balaban J connectivity index is 1.48. The van der Waals surface area contributed by atoms with Gasteiger partial charge in [0.1, 0.15) is 16.3 Å². The lowest BCUT2D eigenvalue weighted by Crippen LogP contribution is -2.15. The van der Waals surface area contributed by atoms with Crippen LogP contribution in [0.1, 0.15) is 5.56 Å². The Bertz CT molecular complexity index is 1810. The van der Waals surface area contributed by atoms with E-state index in [1.807, 2.05) is 66.9 Å². The number of methoxy groups -OCH3 is 1. The fourth-order valence-corrected chi connectivity index (χ4v) is 5.23. The van der Waals surface area contributed by atoms with Crippen molar-refractivity contribution in [2.45, 2.75) is 4.90 Å². The fraction of sp³-hybridized carbons (Fsp3) is 0.0345. The number of hydrazone groups is 1. The van der Waals surface area contributed by atoms with Gasteiger partial charge in [-0.05, 0) is 42.5 Å². The molecule has 11 nitrogen and oxygen atoms in total. The lowest BCUT2D eigenvalue weighted by atomic mass is 10.1. The highest BCUT2D eigenvalue weighted by atomic mass is 32.2. The molecule has 0 fully saturated rings. The van der Waals surface area contributed by atoms with Crippen LogP contribution < -0.4 is 14.9 Å².